The lowest BCUT2D eigenvalue weighted by Gasteiger charge is -2.27. The molecular weight excluding hydrogens is 286 g/mol. The fourth-order valence-electron chi connectivity index (χ4n) is 2.20. The summed E-state index contributed by atoms with van der Waals surface area (Å²) < 4.78 is 0. The molecule has 118 valence electrons. The number of rotatable bonds is 8. The molecule has 4 nitrogen and oxygen atoms in total. The van der Waals surface area contributed by atoms with Gasteiger partial charge in [-0.15, -0.1) is 0 Å². The minimum atomic E-state index is 0.0760. The van der Waals surface area contributed by atoms with Gasteiger partial charge in [-0.25, -0.2) is 0 Å². The van der Waals surface area contributed by atoms with E-state index in [-0.39, 0.29) is 5.84 Å². The number of nitrogens with zero attached hydrogens (tertiary/aromatic N) is 2. The SMILES string of the molecule is CCCCCN(Cc1ccc(/C(N)=N/O)cc1Cl)C(C)C. The lowest BCUT2D eigenvalue weighted by molar-refractivity contribution is 0.208. The third-order valence-electron chi connectivity index (χ3n) is 3.61. The fourth-order valence-corrected chi connectivity index (χ4v) is 2.44. The molecule has 3 N–H and O–H groups in total. The summed E-state index contributed by atoms with van der Waals surface area (Å²) in [5.41, 5.74) is 7.27. The molecule has 0 aliphatic carbocycles. The Kier molecular flexibility index (Phi) is 7.54. The van der Waals surface area contributed by atoms with E-state index in [0.717, 1.165) is 18.7 Å². The number of hydrogen-bond donors (Lipinski definition) is 2. The molecule has 0 heterocycles. The Hall–Kier alpha value is -1.26. The third kappa shape index (κ3) is 5.56. The van der Waals surface area contributed by atoms with Crippen molar-refractivity contribution in [3.8, 4) is 0 Å². The molecule has 1 rings (SSSR count). The Bertz CT molecular complexity index is 475. The predicted octanol–water partition coefficient (Wildman–Crippen LogP) is 3.84. The van der Waals surface area contributed by atoms with Crippen molar-refractivity contribution in [3.63, 3.8) is 0 Å². The van der Waals surface area contributed by atoms with Gasteiger partial charge in [-0.1, -0.05) is 48.7 Å². The molecule has 0 amide bonds. The Morgan fingerprint density at radius 3 is 2.62 bits per heavy atom. The number of hydrogen-bond acceptors (Lipinski definition) is 3. The Balaban J connectivity index is 2.79. The van der Waals surface area contributed by atoms with Gasteiger partial charge in [0.2, 0.25) is 0 Å². The highest BCUT2D eigenvalue weighted by molar-refractivity contribution is 6.31. The van der Waals surface area contributed by atoms with E-state index in [0.29, 0.717) is 16.6 Å². The lowest BCUT2D eigenvalue weighted by atomic mass is 10.1. The number of amidine groups is 1. The van der Waals surface area contributed by atoms with Crippen LogP contribution in [0.3, 0.4) is 0 Å². The average molecular weight is 312 g/mol. The normalized spacial score (nSPS) is 12.4. The maximum absolute atomic E-state index is 8.70. The smallest absolute Gasteiger partial charge is 0.170 e. The third-order valence-corrected chi connectivity index (χ3v) is 3.96. The lowest BCUT2D eigenvalue weighted by Crippen LogP contribution is -2.31. The molecule has 0 aliphatic rings. The zero-order valence-electron chi connectivity index (χ0n) is 13.1. The van der Waals surface area contributed by atoms with Crippen LogP contribution >= 0.6 is 11.6 Å². The molecule has 0 aromatic heterocycles. The van der Waals surface area contributed by atoms with Crippen molar-refractivity contribution in [3.05, 3.63) is 34.3 Å². The fraction of sp³-hybridized carbons (Fsp3) is 0.562. The number of oxime groups is 1. The predicted molar refractivity (Wildman–Crippen MR) is 89.0 cm³/mol. The summed E-state index contributed by atoms with van der Waals surface area (Å²) in [6, 6.07) is 6.00. The van der Waals surface area contributed by atoms with Crippen molar-refractivity contribution < 1.29 is 5.21 Å². The molecule has 0 saturated carbocycles. The van der Waals surface area contributed by atoms with Gasteiger partial charge in [0.15, 0.2) is 5.84 Å². The van der Waals surface area contributed by atoms with Crippen LogP contribution < -0.4 is 5.73 Å². The molecular formula is C16H26ClN3O. The van der Waals surface area contributed by atoms with Crippen molar-refractivity contribution in [2.24, 2.45) is 10.9 Å². The van der Waals surface area contributed by atoms with Crippen LogP contribution in [0, 0.1) is 0 Å². The second kappa shape index (κ2) is 8.90. The first-order valence-corrected chi connectivity index (χ1v) is 7.87. The van der Waals surface area contributed by atoms with Gasteiger partial charge in [-0.05, 0) is 38.4 Å². The standard InChI is InChI=1S/C16H26ClN3O/c1-4-5-6-9-20(12(2)3)11-14-8-7-13(10-15(14)17)16(18)19-21/h7-8,10,12,21H,4-6,9,11H2,1-3H3,(H2,18,19). The quantitative estimate of drug-likeness (QED) is 0.252. The van der Waals surface area contributed by atoms with Crippen LogP contribution in [-0.2, 0) is 6.54 Å². The molecule has 0 radical (unpaired) electrons. The molecule has 21 heavy (non-hydrogen) atoms. The van der Waals surface area contributed by atoms with Crippen LogP contribution in [0.4, 0.5) is 0 Å². The summed E-state index contributed by atoms with van der Waals surface area (Å²) in [5, 5.41) is 12.3. The van der Waals surface area contributed by atoms with E-state index < -0.39 is 0 Å². The Labute approximate surface area is 132 Å². The maximum atomic E-state index is 8.70. The second-order valence-electron chi connectivity index (χ2n) is 5.56. The summed E-state index contributed by atoms with van der Waals surface area (Å²) in [4.78, 5) is 2.42. The van der Waals surface area contributed by atoms with Gasteiger partial charge in [0, 0.05) is 23.2 Å². The van der Waals surface area contributed by atoms with Crippen LogP contribution in [0.25, 0.3) is 0 Å². The van der Waals surface area contributed by atoms with Crippen LogP contribution in [0.15, 0.2) is 23.4 Å². The highest BCUT2D eigenvalue weighted by atomic mass is 35.5. The van der Waals surface area contributed by atoms with Crippen molar-refractivity contribution in [2.45, 2.75) is 52.6 Å². The molecule has 0 aliphatic heterocycles. The van der Waals surface area contributed by atoms with Crippen LogP contribution in [0.2, 0.25) is 5.02 Å². The van der Waals surface area contributed by atoms with E-state index in [2.05, 4.69) is 30.8 Å². The first kappa shape index (κ1) is 17.8. The number of halogens is 1. The number of unbranched alkanes of at least 4 members (excludes halogenated alkanes) is 2. The maximum Gasteiger partial charge on any atom is 0.170 e. The van der Waals surface area contributed by atoms with E-state index in [1.807, 2.05) is 12.1 Å². The first-order chi connectivity index (χ1) is 9.99. The van der Waals surface area contributed by atoms with Crippen molar-refractivity contribution in [2.75, 3.05) is 6.54 Å². The summed E-state index contributed by atoms with van der Waals surface area (Å²) in [7, 11) is 0. The van der Waals surface area contributed by atoms with Crippen molar-refractivity contribution >= 4 is 17.4 Å². The molecule has 0 bridgehead atoms. The minimum Gasteiger partial charge on any atom is -0.409 e. The molecule has 0 spiro atoms. The van der Waals surface area contributed by atoms with Gasteiger partial charge in [0.25, 0.3) is 0 Å². The molecule has 5 heteroatoms. The van der Waals surface area contributed by atoms with E-state index in [9.17, 15) is 0 Å². The van der Waals surface area contributed by atoms with Gasteiger partial charge in [-0.3, -0.25) is 4.90 Å². The topological polar surface area (TPSA) is 61.8 Å². The van der Waals surface area contributed by atoms with E-state index >= 15 is 0 Å². The Morgan fingerprint density at radius 2 is 2.10 bits per heavy atom. The monoisotopic (exact) mass is 311 g/mol. The molecule has 0 saturated heterocycles. The highest BCUT2D eigenvalue weighted by Crippen LogP contribution is 2.21. The molecule has 0 atom stereocenters. The van der Waals surface area contributed by atoms with Crippen molar-refractivity contribution in [1.82, 2.24) is 4.90 Å². The molecule has 1 aromatic carbocycles. The van der Waals surface area contributed by atoms with Gasteiger partial charge in [-0.2, -0.15) is 0 Å². The van der Waals surface area contributed by atoms with Crippen LogP contribution in [0.1, 0.15) is 51.2 Å². The first-order valence-electron chi connectivity index (χ1n) is 7.50. The summed E-state index contributed by atoms with van der Waals surface area (Å²) in [6.07, 6.45) is 3.68. The number of nitrogens with two attached hydrogens (primary N) is 1. The number of benzene rings is 1. The molecule has 0 fully saturated rings. The average Bonchev–Trinajstić information content (AvgIpc) is 2.46. The molecule has 1 aromatic rings. The van der Waals surface area contributed by atoms with E-state index in [4.69, 9.17) is 22.5 Å². The van der Waals surface area contributed by atoms with Crippen LogP contribution in [0.5, 0.6) is 0 Å². The van der Waals surface area contributed by atoms with E-state index in [1.54, 1.807) is 6.07 Å². The zero-order valence-corrected chi connectivity index (χ0v) is 13.9. The molecule has 0 unspecified atom stereocenters. The van der Waals surface area contributed by atoms with Crippen molar-refractivity contribution in [1.29, 1.82) is 0 Å². The second-order valence-corrected chi connectivity index (χ2v) is 5.97. The largest absolute Gasteiger partial charge is 0.409 e. The van der Waals surface area contributed by atoms with Gasteiger partial charge in [0.05, 0.1) is 0 Å². The summed E-state index contributed by atoms with van der Waals surface area (Å²) in [6.45, 7) is 8.50. The van der Waals surface area contributed by atoms with E-state index in [1.165, 1.54) is 19.3 Å². The van der Waals surface area contributed by atoms with Gasteiger partial charge in [0.1, 0.15) is 0 Å². The minimum absolute atomic E-state index is 0.0760. The van der Waals surface area contributed by atoms with Crippen LogP contribution in [-0.4, -0.2) is 28.5 Å². The highest BCUT2D eigenvalue weighted by Gasteiger charge is 2.12. The summed E-state index contributed by atoms with van der Waals surface area (Å²) in [5.74, 6) is 0.0760. The zero-order chi connectivity index (χ0) is 15.8. The summed E-state index contributed by atoms with van der Waals surface area (Å²) >= 11 is 6.32. The van der Waals surface area contributed by atoms with Gasteiger partial charge >= 0.3 is 0 Å². The Morgan fingerprint density at radius 1 is 1.38 bits per heavy atom. The van der Waals surface area contributed by atoms with Gasteiger partial charge < -0.3 is 10.9 Å².